The Kier molecular flexibility index (Phi) is 21.3. The highest BCUT2D eigenvalue weighted by Crippen LogP contribution is 2.05. The van der Waals surface area contributed by atoms with Crippen molar-refractivity contribution in [3.63, 3.8) is 0 Å². The van der Waals surface area contributed by atoms with Crippen LogP contribution in [0.4, 0.5) is 0 Å². The van der Waals surface area contributed by atoms with Crippen LogP contribution >= 0.6 is 0 Å². The summed E-state index contributed by atoms with van der Waals surface area (Å²) in [5.41, 5.74) is 2.72. The Labute approximate surface area is 131 Å². The second-order valence-electron chi connectivity index (χ2n) is 4.35. The van der Waals surface area contributed by atoms with Crippen LogP contribution in [0.2, 0.25) is 5.54 Å². The van der Waals surface area contributed by atoms with Gasteiger partial charge in [0.1, 0.15) is 0 Å². The van der Waals surface area contributed by atoms with Gasteiger partial charge in [-0.2, -0.15) is 0 Å². The number of hydrogen-bond acceptors (Lipinski definition) is 6. The number of nitrogens with zero attached hydrogens (tertiary/aromatic N) is 3. The van der Waals surface area contributed by atoms with Crippen LogP contribution in [0.3, 0.4) is 0 Å². The largest absolute Gasteiger partial charge is 0.411 e. The summed E-state index contributed by atoms with van der Waals surface area (Å²) in [6, 6.07) is 0. The second kappa shape index (κ2) is 18.4. The van der Waals surface area contributed by atoms with Crippen molar-refractivity contribution in [2.75, 3.05) is 0 Å². The smallest absolute Gasteiger partial charge is 0.0599 e. The second-order valence-corrected chi connectivity index (χ2v) is 5.59. The zero-order chi connectivity index (χ0) is 17.3. The summed E-state index contributed by atoms with van der Waals surface area (Å²) in [6.07, 6.45) is 4.30. The summed E-state index contributed by atoms with van der Waals surface area (Å²) in [7, 11) is 0.983. The Hall–Kier alpha value is -1.63. The first kappa shape index (κ1) is 24.4. The SMILES string of the molecule is C=CC([SiH3])C(CC)=NO.CCC(C)=NO.CCC(C)=NO. The summed E-state index contributed by atoms with van der Waals surface area (Å²) in [5, 5.41) is 33.2. The lowest BCUT2D eigenvalue weighted by Gasteiger charge is -2.03. The minimum absolute atomic E-state index is 0.333. The highest BCUT2D eigenvalue weighted by Gasteiger charge is 2.02. The molecule has 0 aromatic heterocycles. The highest BCUT2D eigenvalue weighted by atomic mass is 28.1. The molecule has 7 heteroatoms. The van der Waals surface area contributed by atoms with Gasteiger partial charge in [0.25, 0.3) is 0 Å². The molecule has 6 nitrogen and oxygen atoms in total. The maximum Gasteiger partial charge on any atom is 0.0599 e. The molecule has 0 saturated carbocycles. The molecule has 124 valence electrons. The molecule has 0 saturated heterocycles. The molecule has 0 aliphatic rings. The molecule has 0 rings (SSSR count). The van der Waals surface area contributed by atoms with E-state index in [4.69, 9.17) is 15.6 Å². The quantitative estimate of drug-likeness (QED) is 0.239. The Morgan fingerprint density at radius 2 is 1.33 bits per heavy atom. The molecule has 21 heavy (non-hydrogen) atoms. The van der Waals surface area contributed by atoms with Gasteiger partial charge < -0.3 is 15.6 Å². The summed E-state index contributed by atoms with van der Waals surface area (Å²) >= 11 is 0. The molecule has 0 spiro atoms. The van der Waals surface area contributed by atoms with E-state index in [2.05, 4.69) is 22.0 Å². The number of hydrogen-bond donors (Lipinski definition) is 3. The lowest BCUT2D eigenvalue weighted by atomic mass is 10.2. The van der Waals surface area contributed by atoms with Gasteiger partial charge in [-0.15, -0.1) is 6.58 Å². The van der Waals surface area contributed by atoms with Gasteiger partial charge in [-0.3, -0.25) is 0 Å². The molecule has 0 radical (unpaired) electrons. The van der Waals surface area contributed by atoms with Crippen LogP contribution in [0.5, 0.6) is 0 Å². The van der Waals surface area contributed by atoms with E-state index < -0.39 is 0 Å². The van der Waals surface area contributed by atoms with Gasteiger partial charge in [0.05, 0.1) is 17.1 Å². The standard InChI is InChI=1S/C6H13NOSi.2C4H9NO/c1-3-5(7-8)6(9)4-2;2*1-3-4(2)5-6/h4,6,8H,2-3H2,1,9H3;2*6H,3H2,1-2H3. The third-order valence-corrected chi connectivity index (χ3v) is 3.87. The lowest BCUT2D eigenvalue weighted by molar-refractivity contribution is 0.317. The van der Waals surface area contributed by atoms with Crippen molar-refractivity contribution in [3.05, 3.63) is 12.7 Å². The van der Waals surface area contributed by atoms with Crippen molar-refractivity contribution in [1.29, 1.82) is 0 Å². The first-order valence-electron chi connectivity index (χ1n) is 7.06. The average molecular weight is 318 g/mol. The zero-order valence-electron chi connectivity index (χ0n) is 14.2. The van der Waals surface area contributed by atoms with Crippen molar-refractivity contribution in [3.8, 4) is 0 Å². The summed E-state index contributed by atoms with van der Waals surface area (Å²) in [6.45, 7) is 13.0. The Balaban J connectivity index is -0.000000240. The fourth-order valence-electron chi connectivity index (χ4n) is 0.761. The molecule has 3 N–H and O–H groups in total. The minimum Gasteiger partial charge on any atom is -0.411 e. The first-order valence-corrected chi connectivity index (χ1v) is 8.22. The van der Waals surface area contributed by atoms with Gasteiger partial charge in [0.2, 0.25) is 0 Å². The Morgan fingerprint density at radius 3 is 1.38 bits per heavy atom. The van der Waals surface area contributed by atoms with Gasteiger partial charge in [-0.05, 0) is 33.1 Å². The molecular formula is C14H31N3O3Si. The van der Waals surface area contributed by atoms with Crippen LogP contribution in [0, 0.1) is 0 Å². The molecule has 0 aliphatic heterocycles. The summed E-state index contributed by atoms with van der Waals surface area (Å²) in [5.74, 6) is 0. The number of oxime groups is 3. The molecule has 0 aliphatic carbocycles. The first-order chi connectivity index (χ1) is 9.87. The van der Waals surface area contributed by atoms with Crippen LogP contribution in [-0.2, 0) is 0 Å². The molecule has 0 aromatic carbocycles. The molecular weight excluding hydrogens is 286 g/mol. The van der Waals surface area contributed by atoms with Crippen LogP contribution < -0.4 is 0 Å². The third-order valence-electron chi connectivity index (χ3n) is 2.73. The van der Waals surface area contributed by atoms with Crippen LogP contribution in [0.15, 0.2) is 28.1 Å². The monoisotopic (exact) mass is 317 g/mol. The Morgan fingerprint density at radius 1 is 0.952 bits per heavy atom. The van der Waals surface area contributed by atoms with Crippen molar-refractivity contribution in [1.82, 2.24) is 0 Å². The van der Waals surface area contributed by atoms with Gasteiger partial charge in [-0.1, -0.05) is 42.3 Å². The number of allylic oxidation sites excluding steroid dienone is 1. The van der Waals surface area contributed by atoms with Gasteiger partial charge in [0.15, 0.2) is 0 Å². The van der Waals surface area contributed by atoms with E-state index >= 15 is 0 Å². The van der Waals surface area contributed by atoms with Crippen molar-refractivity contribution < 1.29 is 15.6 Å². The summed E-state index contributed by atoms with van der Waals surface area (Å²) in [4.78, 5) is 0. The maximum absolute atomic E-state index is 8.39. The van der Waals surface area contributed by atoms with E-state index in [1.807, 2.05) is 26.8 Å². The van der Waals surface area contributed by atoms with Gasteiger partial charge in [-0.25, -0.2) is 0 Å². The van der Waals surface area contributed by atoms with E-state index in [1.54, 1.807) is 13.8 Å². The van der Waals surface area contributed by atoms with E-state index in [0.717, 1.165) is 46.6 Å². The number of rotatable bonds is 5. The predicted molar refractivity (Wildman–Crippen MR) is 93.8 cm³/mol. The molecule has 0 heterocycles. The predicted octanol–water partition coefficient (Wildman–Crippen LogP) is 3.06. The lowest BCUT2D eigenvalue weighted by Crippen LogP contribution is -2.04. The van der Waals surface area contributed by atoms with Crippen LogP contribution in [0.1, 0.15) is 53.9 Å². The highest BCUT2D eigenvalue weighted by molar-refractivity contribution is 6.26. The molecule has 1 unspecified atom stereocenters. The van der Waals surface area contributed by atoms with Gasteiger partial charge >= 0.3 is 0 Å². The minimum atomic E-state index is 0.333. The van der Waals surface area contributed by atoms with E-state index in [1.165, 1.54) is 0 Å². The van der Waals surface area contributed by atoms with Gasteiger partial charge in [0, 0.05) is 15.8 Å². The molecule has 0 amide bonds. The van der Waals surface area contributed by atoms with E-state index in [9.17, 15) is 0 Å². The molecule has 1 atom stereocenters. The zero-order valence-corrected chi connectivity index (χ0v) is 16.2. The fourth-order valence-corrected chi connectivity index (χ4v) is 1.28. The van der Waals surface area contributed by atoms with Crippen molar-refractivity contribution >= 4 is 27.4 Å². The summed E-state index contributed by atoms with van der Waals surface area (Å²) < 4.78 is 0. The van der Waals surface area contributed by atoms with Crippen LogP contribution in [-0.4, -0.2) is 43.0 Å². The molecule has 0 bridgehead atoms. The maximum atomic E-state index is 8.39. The molecule has 0 aromatic rings. The third kappa shape index (κ3) is 18.4. The normalized spacial score (nSPS) is 13.5. The van der Waals surface area contributed by atoms with E-state index in [0.29, 0.717) is 5.54 Å². The van der Waals surface area contributed by atoms with E-state index in [-0.39, 0.29) is 0 Å². The van der Waals surface area contributed by atoms with Crippen molar-refractivity contribution in [2.24, 2.45) is 15.5 Å². The van der Waals surface area contributed by atoms with Crippen LogP contribution in [0.25, 0.3) is 0 Å². The average Bonchev–Trinajstić information content (AvgIpc) is 2.55. The van der Waals surface area contributed by atoms with Crippen molar-refractivity contribution in [2.45, 2.75) is 59.4 Å². The Bertz CT molecular complexity index is 324. The fraction of sp³-hybridized carbons (Fsp3) is 0.643. The molecule has 0 fully saturated rings. The topological polar surface area (TPSA) is 97.8 Å².